The van der Waals surface area contributed by atoms with Gasteiger partial charge in [-0.3, -0.25) is 10.1 Å². The average Bonchev–Trinajstić information content (AvgIpc) is 2.74. The van der Waals surface area contributed by atoms with Crippen molar-refractivity contribution in [2.45, 2.75) is 17.1 Å². The zero-order valence-corrected chi connectivity index (χ0v) is 19.6. The van der Waals surface area contributed by atoms with E-state index in [1.54, 1.807) is 31.2 Å². The molecule has 0 fully saturated rings. The van der Waals surface area contributed by atoms with Gasteiger partial charge in [0.1, 0.15) is 5.25 Å². The van der Waals surface area contributed by atoms with Gasteiger partial charge in [-0.05, 0) is 48.4 Å². The number of hydrogen-bond acceptors (Lipinski definition) is 6. The van der Waals surface area contributed by atoms with Gasteiger partial charge in [0.05, 0.1) is 9.82 Å². The lowest BCUT2D eigenvalue weighted by molar-refractivity contribution is -0.385. The van der Waals surface area contributed by atoms with Crippen molar-refractivity contribution in [1.82, 2.24) is 0 Å². The van der Waals surface area contributed by atoms with Gasteiger partial charge in [-0.1, -0.05) is 30.3 Å². The molecule has 0 radical (unpaired) electrons. The van der Waals surface area contributed by atoms with Crippen LogP contribution in [0.2, 0.25) is 0 Å². The van der Waals surface area contributed by atoms with Crippen LogP contribution in [0.4, 0.5) is 17.1 Å². The van der Waals surface area contributed by atoms with E-state index in [1.165, 1.54) is 12.1 Å². The summed E-state index contributed by atoms with van der Waals surface area (Å²) in [6, 6.07) is 18.7. The Bertz CT molecular complexity index is 1170. The highest BCUT2D eigenvalue weighted by Gasteiger charge is 2.32. The number of benzene rings is 3. The third kappa shape index (κ3) is 4.60. The van der Waals surface area contributed by atoms with Gasteiger partial charge in [0.25, 0.3) is 5.69 Å². The van der Waals surface area contributed by atoms with Gasteiger partial charge in [-0.2, -0.15) is 0 Å². The van der Waals surface area contributed by atoms with Crippen LogP contribution >= 0.6 is 0 Å². The van der Waals surface area contributed by atoms with E-state index >= 15 is 0 Å². The molecule has 0 unspecified atom stereocenters. The molecule has 0 atom stereocenters. The number of aryl methyl sites for hydroxylation is 1. The number of nitro groups is 1. The van der Waals surface area contributed by atoms with Crippen LogP contribution in [0.25, 0.3) is 0 Å². The molecule has 3 aromatic rings. The second-order valence-electron chi connectivity index (χ2n) is 8.10. The molecular weight excluding hydrogens is 426 g/mol. The van der Waals surface area contributed by atoms with Crippen molar-refractivity contribution in [3.63, 3.8) is 0 Å². The molecule has 0 amide bonds. The van der Waals surface area contributed by atoms with E-state index in [9.17, 15) is 18.5 Å². The number of hydrogen-bond donors (Lipinski definition) is 0. The summed E-state index contributed by atoms with van der Waals surface area (Å²) >= 11 is 0. The fraction of sp³-hybridized carbons (Fsp3) is 0.250. The summed E-state index contributed by atoms with van der Waals surface area (Å²) in [4.78, 5) is 14.7. The fourth-order valence-electron chi connectivity index (χ4n) is 3.54. The molecule has 0 saturated carbocycles. The van der Waals surface area contributed by atoms with Crippen LogP contribution in [-0.4, -0.2) is 41.5 Å². The van der Waals surface area contributed by atoms with Crippen LogP contribution in [0.3, 0.4) is 0 Å². The molecule has 3 aromatic carbocycles. The van der Waals surface area contributed by atoms with E-state index in [2.05, 4.69) is 0 Å². The Morgan fingerprint density at radius 3 is 1.59 bits per heavy atom. The molecule has 3 rings (SSSR count). The van der Waals surface area contributed by atoms with Crippen molar-refractivity contribution in [1.29, 1.82) is 0 Å². The number of nitro benzene ring substituents is 1. The Labute approximate surface area is 189 Å². The number of nitrogens with zero attached hydrogens (tertiary/aromatic N) is 3. The molecule has 8 heteroatoms. The number of anilines is 2. The quantitative estimate of drug-likeness (QED) is 0.384. The second-order valence-corrected chi connectivity index (χ2v) is 10.1. The van der Waals surface area contributed by atoms with E-state index in [0.717, 1.165) is 17.4 Å². The minimum absolute atomic E-state index is 0.0758. The third-order valence-electron chi connectivity index (χ3n) is 5.44. The van der Waals surface area contributed by atoms with Gasteiger partial charge in [-0.25, -0.2) is 8.42 Å². The van der Waals surface area contributed by atoms with E-state index < -0.39 is 20.0 Å². The molecule has 0 saturated heterocycles. The number of sulfone groups is 1. The predicted molar refractivity (Wildman–Crippen MR) is 128 cm³/mol. The molecule has 168 valence electrons. The first-order valence-electron chi connectivity index (χ1n) is 10.1. The van der Waals surface area contributed by atoms with Crippen molar-refractivity contribution in [2.75, 3.05) is 38.0 Å². The van der Waals surface area contributed by atoms with Crippen molar-refractivity contribution in [3.05, 3.63) is 93.5 Å². The van der Waals surface area contributed by atoms with E-state index in [-0.39, 0.29) is 10.6 Å². The largest absolute Gasteiger partial charge is 0.378 e. The zero-order chi connectivity index (χ0) is 23.6. The summed E-state index contributed by atoms with van der Waals surface area (Å²) in [5, 5.41) is 10.4. The lowest BCUT2D eigenvalue weighted by Crippen LogP contribution is -2.17. The SMILES string of the molecule is Cc1ccc(S(=O)(=O)C(c2ccc(N(C)C)cc2)c2ccc(N(C)C)cc2)cc1[N+](=O)[O-]. The highest BCUT2D eigenvalue weighted by atomic mass is 32.2. The standard InChI is InChI=1S/C24H27N3O4S/c1-17-6-15-22(16-23(17)27(28)29)32(30,31)24(18-7-11-20(12-8-18)25(2)3)19-9-13-21(14-10-19)26(4)5/h6-16,24H,1-5H3. The predicted octanol–water partition coefficient (Wildman–Crippen LogP) is 4.60. The average molecular weight is 454 g/mol. The normalized spacial score (nSPS) is 11.4. The molecule has 0 spiro atoms. The first kappa shape index (κ1) is 23.3. The first-order chi connectivity index (χ1) is 15.0. The minimum Gasteiger partial charge on any atom is -0.378 e. The Balaban J connectivity index is 2.19. The van der Waals surface area contributed by atoms with E-state index in [0.29, 0.717) is 16.7 Å². The van der Waals surface area contributed by atoms with E-state index in [4.69, 9.17) is 0 Å². The first-order valence-corrected chi connectivity index (χ1v) is 11.6. The Morgan fingerprint density at radius 2 is 1.22 bits per heavy atom. The van der Waals surface area contributed by atoms with Gasteiger partial charge < -0.3 is 9.80 Å². The van der Waals surface area contributed by atoms with Crippen LogP contribution in [0.15, 0.2) is 71.6 Å². The maximum absolute atomic E-state index is 13.8. The molecule has 0 heterocycles. The molecule has 32 heavy (non-hydrogen) atoms. The van der Waals surface area contributed by atoms with Crippen LogP contribution in [-0.2, 0) is 9.84 Å². The summed E-state index contributed by atoms with van der Waals surface area (Å²) in [5.41, 5.74) is 3.28. The van der Waals surface area contributed by atoms with Crippen LogP contribution in [0, 0.1) is 17.0 Å². The molecule has 0 aliphatic rings. The van der Waals surface area contributed by atoms with Crippen LogP contribution < -0.4 is 9.80 Å². The number of rotatable bonds is 7. The highest BCUT2D eigenvalue weighted by molar-refractivity contribution is 7.92. The minimum atomic E-state index is -3.98. The molecule has 0 N–H and O–H groups in total. The van der Waals surface area contributed by atoms with E-state index in [1.807, 2.05) is 62.3 Å². The molecule has 0 aliphatic carbocycles. The highest BCUT2D eigenvalue weighted by Crippen LogP contribution is 2.37. The maximum atomic E-state index is 13.8. The summed E-state index contributed by atoms with van der Waals surface area (Å²) < 4.78 is 27.6. The van der Waals surface area contributed by atoms with Gasteiger partial charge >= 0.3 is 0 Å². The van der Waals surface area contributed by atoms with Gasteiger partial charge in [-0.15, -0.1) is 0 Å². The Hall–Kier alpha value is -3.39. The molecule has 0 aromatic heterocycles. The maximum Gasteiger partial charge on any atom is 0.273 e. The Morgan fingerprint density at radius 1 is 0.781 bits per heavy atom. The van der Waals surface area contributed by atoms with Crippen molar-refractivity contribution in [3.8, 4) is 0 Å². The van der Waals surface area contributed by atoms with Crippen molar-refractivity contribution >= 4 is 26.9 Å². The Kier molecular flexibility index (Phi) is 6.55. The summed E-state index contributed by atoms with van der Waals surface area (Å²) in [7, 11) is 3.67. The lowest BCUT2D eigenvalue weighted by Gasteiger charge is -2.21. The van der Waals surface area contributed by atoms with Crippen molar-refractivity contribution < 1.29 is 13.3 Å². The topological polar surface area (TPSA) is 83.8 Å². The van der Waals surface area contributed by atoms with Crippen molar-refractivity contribution in [2.24, 2.45) is 0 Å². The fourth-order valence-corrected chi connectivity index (χ4v) is 5.38. The molecule has 7 nitrogen and oxygen atoms in total. The lowest BCUT2D eigenvalue weighted by atomic mass is 10.0. The monoisotopic (exact) mass is 453 g/mol. The van der Waals surface area contributed by atoms with Crippen LogP contribution in [0.5, 0.6) is 0 Å². The molecule has 0 bridgehead atoms. The zero-order valence-electron chi connectivity index (χ0n) is 18.8. The van der Waals surface area contributed by atoms with Gasteiger partial charge in [0.2, 0.25) is 0 Å². The van der Waals surface area contributed by atoms with Gasteiger partial charge in [0.15, 0.2) is 9.84 Å². The van der Waals surface area contributed by atoms with Gasteiger partial charge in [0, 0.05) is 51.2 Å². The summed E-state index contributed by atoms with van der Waals surface area (Å²) in [6.07, 6.45) is 0. The second kappa shape index (κ2) is 9.00. The summed E-state index contributed by atoms with van der Waals surface area (Å²) in [5.74, 6) is 0. The molecule has 0 aliphatic heterocycles. The summed E-state index contributed by atoms with van der Waals surface area (Å²) in [6.45, 7) is 1.59. The van der Waals surface area contributed by atoms with Crippen LogP contribution in [0.1, 0.15) is 21.9 Å². The smallest absolute Gasteiger partial charge is 0.273 e. The third-order valence-corrected chi connectivity index (χ3v) is 7.52. The molecular formula is C24H27N3O4S.